The van der Waals surface area contributed by atoms with Gasteiger partial charge in [0.25, 0.3) is 0 Å². The van der Waals surface area contributed by atoms with E-state index in [9.17, 15) is 5.11 Å². The minimum absolute atomic E-state index is 0.303. The third-order valence-electron chi connectivity index (χ3n) is 3.78. The number of ether oxygens (including phenoxy) is 1. The number of aromatic nitrogens is 1. The van der Waals surface area contributed by atoms with Gasteiger partial charge in [-0.25, -0.2) is 4.98 Å². The van der Waals surface area contributed by atoms with Crippen LogP contribution in [0.5, 0.6) is 5.88 Å². The van der Waals surface area contributed by atoms with Crippen LogP contribution in [0.25, 0.3) is 0 Å². The number of pyridine rings is 1. The van der Waals surface area contributed by atoms with Gasteiger partial charge >= 0.3 is 0 Å². The van der Waals surface area contributed by atoms with Crippen LogP contribution < -0.4 is 4.74 Å². The zero-order chi connectivity index (χ0) is 13.2. The maximum atomic E-state index is 10.4. The molecule has 0 bridgehead atoms. The van der Waals surface area contributed by atoms with Crippen LogP contribution in [0.1, 0.15) is 29.6 Å². The molecule has 1 heterocycles. The van der Waals surface area contributed by atoms with E-state index in [0.29, 0.717) is 17.7 Å². The molecule has 0 saturated heterocycles. The van der Waals surface area contributed by atoms with Gasteiger partial charge in [0.2, 0.25) is 5.88 Å². The third kappa shape index (κ3) is 2.47. The molecule has 19 heavy (non-hydrogen) atoms. The second kappa shape index (κ2) is 5.02. The predicted molar refractivity (Wildman–Crippen MR) is 73.0 cm³/mol. The predicted octanol–water partition coefficient (Wildman–Crippen LogP) is 2.93. The van der Waals surface area contributed by atoms with Gasteiger partial charge in [0.1, 0.15) is 0 Å². The van der Waals surface area contributed by atoms with Crippen molar-refractivity contribution in [1.29, 1.82) is 0 Å². The molecule has 1 fully saturated rings. The van der Waals surface area contributed by atoms with Gasteiger partial charge in [0.05, 0.1) is 13.2 Å². The number of methoxy groups -OCH3 is 1. The number of nitrogens with zero attached hydrogens (tertiary/aromatic N) is 1. The maximum absolute atomic E-state index is 10.4. The molecule has 0 spiro atoms. The minimum Gasteiger partial charge on any atom is -0.481 e. The average Bonchev–Trinajstić information content (AvgIpc) is 3.28. The molecule has 1 aliphatic carbocycles. The molecule has 1 aliphatic rings. The van der Waals surface area contributed by atoms with Crippen molar-refractivity contribution in [1.82, 2.24) is 4.98 Å². The highest BCUT2D eigenvalue weighted by Gasteiger charge is 2.43. The summed E-state index contributed by atoms with van der Waals surface area (Å²) in [4.78, 5) is 4.14. The van der Waals surface area contributed by atoms with E-state index in [2.05, 4.69) is 17.1 Å². The first-order valence-electron chi connectivity index (χ1n) is 6.52. The van der Waals surface area contributed by atoms with Gasteiger partial charge in [-0.05, 0) is 35.4 Å². The van der Waals surface area contributed by atoms with Crippen molar-refractivity contribution in [2.24, 2.45) is 5.92 Å². The Bertz CT molecular complexity index is 538. The van der Waals surface area contributed by atoms with Gasteiger partial charge in [-0.15, -0.1) is 0 Å². The molecule has 3 nitrogen and oxygen atoms in total. The fourth-order valence-corrected chi connectivity index (χ4v) is 2.58. The van der Waals surface area contributed by atoms with E-state index in [4.69, 9.17) is 4.74 Å². The molecule has 3 unspecified atom stereocenters. The highest BCUT2D eigenvalue weighted by atomic mass is 16.5. The Kier molecular flexibility index (Phi) is 3.22. The van der Waals surface area contributed by atoms with Crippen LogP contribution in [0.4, 0.5) is 0 Å². The standard InChI is InChI=1S/C16H17NO2/c1-19-15-8-7-12(10-17-15)16(18)14-9-13(14)11-5-3-2-4-6-11/h2-8,10,13-14,16,18H,9H2,1H3. The first-order valence-corrected chi connectivity index (χ1v) is 6.52. The van der Waals surface area contributed by atoms with Crippen molar-refractivity contribution in [3.8, 4) is 5.88 Å². The van der Waals surface area contributed by atoms with E-state index in [1.807, 2.05) is 24.3 Å². The Morgan fingerprint density at radius 2 is 2.00 bits per heavy atom. The second-order valence-corrected chi connectivity index (χ2v) is 5.00. The van der Waals surface area contributed by atoms with Crippen molar-refractivity contribution in [3.05, 3.63) is 59.8 Å². The largest absolute Gasteiger partial charge is 0.481 e. The monoisotopic (exact) mass is 255 g/mol. The smallest absolute Gasteiger partial charge is 0.212 e. The lowest BCUT2D eigenvalue weighted by molar-refractivity contribution is 0.150. The van der Waals surface area contributed by atoms with E-state index < -0.39 is 6.10 Å². The van der Waals surface area contributed by atoms with Gasteiger partial charge in [-0.2, -0.15) is 0 Å². The lowest BCUT2D eigenvalue weighted by atomic mass is 10.0. The van der Waals surface area contributed by atoms with Crippen LogP contribution in [0, 0.1) is 5.92 Å². The van der Waals surface area contributed by atoms with E-state index in [0.717, 1.165) is 12.0 Å². The van der Waals surface area contributed by atoms with Gasteiger partial charge in [0, 0.05) is 12.3 Å². The summed E-state index contributed by atoms with van der Waals surface area (Å²) in [5.74, 6) is 1.35. The molecule has 0 aliphatic heterocycles. The van der Waals surface area contributed by atoms with Crippen molar-refractivity contribution in [2.45, 2.75) is 18.4 Å². The summed E-state index contributed by atoms with van der Waals surface area (Å²) in [5.41, 5.74) is 2.18. The van der Waals surface area contributed by atoms with Crippen LogP contribution in [0.2, 0.25) is 0 Å². The van der Waals surface area contributed by atoms with Crippen molar-refractivity contribution in [3.63, 3.8) is 0 Å². The number of benzene rings is 1. The van der Waals surface area contributed by atoms with E-state index >= 15 is 0 Å². The molecule has 0 radical (unpaired) electrons. The lowest BCUT2D eigenvalue weighted by Crippen LogP contribution is -2.02. The zero-order valence-corrected chi connectivity index (χ0v) is 10.9. The summed E-state index contributed by atoms with van der Waals surface area (Å²) in [5, 5.41) is 10.4. The number of aliphatic hydroxyl groups excluding tert-OH is 1. The van der Waals surface area contributed by atoms with Crippen LogP contribution in [0.15, 0.2) is 48.7 Å². The van der Waals surface area contributed by atoms with E-state index in [1.54, 1.807) is 19.4 Å². The molecule has 3 heteroatoms. The molecule has 1 saturated carbocycles. The fourth-order valence-electron chi connectivity index (χ4n) is 2.58. The molecule has 1 aromatic carbocycles. The first kappa shape index (κ1) is 12.2. The molecule has 0 amide bonds. The summed E-state index contributed by atoms with van der Waals surface area (Å²) in [6.45, 7) is 0. The van der Waals surface area contributed by atoms with Crippen LogP contribution in [-0.2, 0) is 0 Å². The third-order valence-corrected chi connectivity index (χ3v) is 3.78. The highest BCUT2D eigenvalue weighted by Crippen LogP contribution is 2.53. The minimum atomic E-state index is -0.441. The first-order chi connectivity index (χ1) is 9.29. The van der Waals surface area contributed by atoms with Crippen LogP contribution in [-0.4, -0.2) is 17.2 Å². The Morgan fingerprint density at radius 1 is 1.21 bits per heavy atom. The van der Waals surface area contributed by atoms with Crippen molar-refractivity contribution in [2.75, 3.05) is 7.11 Å². The summed E-state index contributed by atoms with van der Waals surface area (Å²) < 4.78 is 5.02. The zero-order valence-electron chi connectivity index (χ0n) is 10.9. The van der Waals surface area contributed by atoms with Crippen molar-refractivity contribution >= 4 is 0 Å². The van der Waals surface area contributed by atoms with Gasteiger partial charge in [-0.3, -0.25) is 0 Å². The SMILES string of the molecule is COc1ccc(C(O)C2CC2c2ccccc2)cn1. The van der Waals surface area contributed by atoms with Gasteiger partial charge in [0.15, 0.2) is 0 Å². The maximum Gasteiger partial charge on any atom is 0.212 e. The van der Waals surface area contributed by atoms with Crippen LogP contribution in [0.3, 0.4) is 0 Å². The topological polar surface area (TPSA) is 42.4 Å². The highest BCUT2D eigenvalue weighted by molar-refractivity contribution is 5.29. The lowest BCUT2D eigenvalue weighted by Gasteiger charge is -2.11. The normalized spacial score (nSPS) is 22.8. The number of hydrogen-bond donors (Lipinski definition) is 1. The summed E-state index contributed by atoms with van der Waals surface area (Å²) in [6.07, 6.45) is 2.30. The molecule has 3 rings (SSSR count). The van der Waals surface area contributed by atoms with Gasteiger partial charge < -0.3 is 9.84 Å². The number of rotatable bonds is 4. The van der Waals surface area contributed by atoms with Crippen LogP contribution >= 0.6 is 0 Å². The summed E-state index contributed by atoms with van der Waals surface area (Å²) >= 11 is 0. The van der Waals surface area contributed by atoms with E-state index in [-0.39, 0.29) is 0 Å². The summed E-state index contributed by atoms with van der Waals surface area (Å²) in [7, 11) is 1.59. The molecule has 1 aromatic heterocycles. The van der Waals surface area contributed by atoms with E-state index in [1.165, 1.54) is 5.56 Å². The Hall–Kier alpha value is -1.87. The molecule has 2 aromatic rings. The number of hydrogen-bond acceptors (Lipinski definition) is 3. The van der Waals surface area contributed by atoms with Gasteiger partial charge in [-0.1, -0.05) is 30.3 Å². The molecular weight excluding hydrogens is 238 g/mol. The Morgan fingerprint density at radius 3 is 2.63 bits per heavy atom. The molecule has 98 valence electrons. The summed E-state index contributed by atoms with van der Waals surface area (Å²) in [6, 6.07) is 14.0. The fraction of sp³-hybridized carbons (Fsp3) is 0.312. The molecule has 3 atom stereocenters. The average molecular weight is 255 g/mol. The quantitative estimate of drug-likeness (QED) is 0.913. The van der Waals surface area contributed by atoms with Crippen molar-refractivity contribution < 1.29 is 9.84 Å². The molecular formula is C16H17NO2. The number of aliphatic hydroxyl groups is 1. The Balaban J connectivity index is 1.70. The second-order valence-electron chi connectivity index (χ2n) is 5.00. The Labute approximate surface area is 112 Å². The molecule has 1 N–H and O–H groups in total.